The van der Waals surface area contributed by atoms with E-state index in [4.69, 9.17) is 9.47 Å². The number of hydrogen-bond acceptors (Lipinski definition) is 6. The van der Waals surface area contributed by atoms with Crippen molar-refractivity contribution < 1.29 is 22.7 Å². The van der Waals surface area contributed by atoms with Crippen LogP contribution >= 0.6 is 0 Å². The van der Waals surface area contributed by atoms with Gasteiger partial charge in [0.15, 0.2) is 11.5 Å². The first kappa shape index (κ1) is 26.7. The number of anilines is 1. The molecule has 0 radical (unpaired) electrons. The van der Waals surface area contributed by atoms with Gasteiger partial charge in [-0.3, -0.25) is 9.10 Å². The van der Waals surface area contributed by atoms with Gasteiger partial charge < -0.3 is 9.47 Å². The maximum absolute atomic E-state index is 13.6. The molecule has 0 fully saturated rings. The zero-order valence-electron chi connectivity index (χ0n) is 21.9. The van der Waals surface area contributed by atoms with E-state index >= 15 is 0 Å². The predicted octanol–water partition coefficient (Wildman–Crippen LogP) is 5.36. The molecule has 0 saturated carbocycles. The molecule has 5 aromatic carbocycles. The number of ether oxygens (including phenoxy) is 2. The Kier molecular flexibility index (Phi) is 7.65. The lowest BCUT2D eigenvalue weighted by Gasteiger charge is -2.24. The molecular formula is C31H27N3O5S. The third-order valence-corrected chi connectivity index (χ3v) is 8.26. The highest BCUT2D eigenvalue weighted by Crippen LogP contribution is 2.34. The van der Waals surface area contributed by atoms with Crippen LogP contribution < -0.4 is 19.2 Å². The van der Waals surface area contributed by atoms with Crippen LogP contribution in [0.4, 0.5) is 5.69 Å². The molecule has 0 atom stereocenters. The Balaban J connectivity index is 1.46. The molecule has 0 aromatic heterocycles. The van der Waals surface area contributed by atoms with E-state index in [0.29, 0.717) is 11.5 Å². The minimum atomic E-state index is -4.10. The monoisotopic (exact) mass is 553 g/mol. The van der Waals surface area contributed by atoms with Gasteiger partial charge in [0.25, 0.3) is 15.9 Å². The first-order chi connectivity index (χ1) is 19.4. The molecule has 1 N–H and O–H groups in total. The van der Waals surface area contributed by atoms with Gasteiger partial charge in [-0.2, -0.15) is 5.10 Å². The van der Waals surface area contributed by atoms with Crippen molar-refractivity contribution in [3.05, 3.63) is 109 Å². The summed E-state index contributed by atoms with van der Waals surface area (Å²) in [6.07, 6.45) is 1.59. The fourth-order valence-electron chi connectivity index (χ4n) is 4.54. The molecule has 0 heterocycles. The fourth-order valence-corrected chi connectivity index (χ4v) is 5.97. The molecule has 0 aliphatic heterocycles. The Bertz CT molecular complexity index is 1770. The molecule has 5 aromatic rings. The molecule has 0 bridgehead atoms. The molecule has 8 nitrogen and oxygen atoms in total. The van der Waals surface area contributed by atoms with Gasteiger partial charge in [-0.05, 0) is 51.9 Å². The molecule has 40 heavy (non-hydrogen) atoms. The van der Waals surface area contributed by atoms with Gasteiger partial charge in [0.05, 0.1) is 31.0 Å². The van der Waals surface area contributed by atoms with Crippen molar-refractivity contribution in [2.75, 3.05) is 25.1 Å². The molecule has 1 amide bonds. The van der Waals surface area contributed by atoms with Gasteiger partial charge >= 0.3 is 0 Å². The zero-order valence-corrected chi connectivity index (χ0v) is 22.8. The second-order valence-electron chi connectivity index (χ2n) is 8.89. The molecule has 0 aliphatic carbocycles. The summed E-state index contributed by atoms with van der Waals surface area (Å²) in [5, 5.41) is 8.27. The lowest BCUT2D eigenvalue weighted by atomic mass is 9.97. The number of hydrogen-bond donors (Lipinski definition) is 1. The summed E-state index contributed by atoms with van der Waals surface area (Å²) in [6.45, 7) is -0.514. The van der Waals surface area contributed by atoms with Gasteiger partial charge in [-0.25, -0.2) is 13.8 Å². The largest absolute Gasteiger partial charge is 0.493 e. The minimum absolute atomic E-state index is 0.0447. The van der Waals surface area contributed by atoms with Gasteiger partial charge in [0.1, 0.15) is 6.54 Å². The Hall–Kier alpha value is -4.89. The smallest absolute Gasteiger partial charge is 0.264 e. The van der Waals surface area contributed by atoms with Crippen LogP contribution in [0, 0.1) is 0 Å². The number of fused-ring (bicyclic) bond motifs is 2. The van der Waals surface area contributed by atoms with Crippen molar-refractivity contribution in [3.8, 4) is 11.5 Å². The summed E-state index contributed by atoms with van der Waals surface area (Å²) in [6, 6.07) is 30.5. The topological polar surface area (TPSA) is 97.3 Å². The molecule has 9 heteroatoms. The molecule has 0 saturated heterocycles. The normalized spacial score (nSPS) is 11.6. The van der Waals surface area contributed by atoms with E-state index in [2.05, 4.69) is 16.6 Å². The van der Waals surface area contributed by atoms with E-state index in [1.807, 2.05) is 48.5 Å². The lowest BCUT2D eigenvalue weighted by Crippen LogP contribution is -2.39. The van der Waals surface area contributed by atoms with Crippen molar-refractivity contribution in [3.63, 3.8) is 0 Å². The average Bonchev–Trinajstić information content (AvgIpc) is 2.99. The summed E-state index contributed by atoms with van der Waals surface area (Å²) >= 11 is 0. The quantitative estimate of drug-likeness (QED) is 0.151. The van der Waals surface area contributed by atoms with Gasteiger partial charge in [-0.1, -0.05) is 66.7 Å². The fraction of sp³-hybridized carbons (Fsp3) is 0.0968. The van der Waals surface area contributed by atoms with Gasteiger partial charge in [0.2, 0.25) is 0 Å². The summed E-state index contributed by atoms with van der Waals surface area (Å²) < 4.78 is 39.0. The van der Waals surface area contributed by atoms with E-state index < -0.39 is 22.5 Å². The van der Waals surface area contributed by atoms with Crippen LogP contribution in [0.5, 0.6) is 11.5 Å². The second kappa shape index (κ2) is 11.5. The van der Waals surface area contributed by atoms with Gasteiger partial charge in [-0.15, -0.1) is 0 Å². The van der Waals surface area contributed by atoms with Crippen LogP contribution in [0.15, 0.2) is 113 Å². The summed E-state index contributed by atoms with van der Waals surface area (Å²) in [7, 11) is -1.16. The zero-order chi connectivity index (χ0) is 28.1. The highest BCUT2D eigenvalue weighted by atomic mass is 32.2. The first-order valence-corrected chi connectivity index (χ1v) is 13.9. The summed E-state index contributed by atoms with van der Waals surface area (Å²) in [4.78, 5) is 13.2. The van der Waals surface area contributed by atoms with Crippen molar-refractivity contribution in [2.24, 2.45) is 5.10 Å². The van der Waals surface area contributed by atoms with E-state index in [0.717, 1.165) is 31.4 Å². The Morgan fingerprint density at radius 3 is 2.02 bits per heavy atom. The Morgan fingerprint density at radius 1 is 0.800 bits per heavy atom. The molecule has 202 valence electrons. The molecule has 0 unspecified atom stereocenters. The number of amides is 1. The number of rotatable bonds is 9. The maximum atomic E-state index is 13.6. The molecule has 0 spiro atoms. The van der Waals surface area contributed by atoms with Crippen molar-refractivity contribution in [2.45, 2.75) is 4.90 Å². The predicted molar refractivity (Wildman–Crippen MR) is 158 cm³/mol. The van der Waals surface area contributed by atoms with Crippen molar-refractivity contribution in [1.82, 2.24) is 5.43 Å². The van der Waals surface area contributed by atoms with Crippen LogP contribution in [0.3, 0.4) is 0 Å². The number of hydrazone groups is 1. The van der Waals surface area contributed by atoms with Crippen LogP contribution in [-0.2, 0) is 14.8 Å². The molecule has 5 rings (SSSR count). The number of methoxy groups -OCH3 is 2. The SMILES string of the molecule is COc1ccc(N(CC(=O)N/N=C/c2c3ccccc3cc3ccccc23)S(=O)(=O)c2ccccc2)cc1OC. The third-order valence-electron chi connectivity index (χ3n) is 6.47. The highest BCUT2D eigenvalue weighted by molar-refractivity contribution is 7.92. The number of sulfonamides is 1. The first-order valence-electron chi connectivity index (χ1n) is 12.4. The van der Waals surface area contributed by atoms with Crippen LogP contribution in [0.2, 0.25) is 0 Å². The number of nitrogens with one attached hydrogen (secondary N) is 1. The van der Waals surface area contributed by atoms with Gasteiger partial charge in [0, 0.05) is 11.6 Å². The van der Waals surface area contributed by atoms with Crippen LogP contribution in [-0.4, -0.2) is 41.3 Å². The Morgan fingerprint density at radius 2 is 1.40 bits per heavy atom. The summed E-state index contributed by atoms with van der Waals surface area (Å²) in [5.74, 6) is 0.143. The standard InChI is InChI=1S/C31H27N3O5S/c1-38-29-17-16-24(19-30(29)39-2)34(40(36,37)25-12-4-3-5-13-25)21-31(35)33-32-20-28-26-14-8-6-10-22(26)18-23-11-7-9-15-27(23)28/h3-20H,21H2,1-2H3,(H,33,35)/b32-20+. The highest BCUT2D eigenvalue weighted by Gasteiger charge is 2.28. The van der Waals surface area contributed by atoms with E-state index in [-0.39, 0.29) is 10.6 Å². The third kappa shape index (κ3) is 5.32. The number of carbonyl (C=O) groups excluding carboxylic acids is 1. The summed E-state index contributed by atoms with van der Waals surface area (Å²) in [5.41, 5.74) is 3.59. The van der Waals surface area contributed by atoms with Crippen molar-refractivity contribution >= 4 is 49.4 Å². The van der Waals surface area contributed by atoms with Crippen LogP contribution in [0.25, 0.3) is 21.5 Å². The number of nitrogens with zero attached hydrogens (tertiary/aromatic N) is 2. The molecule has 0 aliphatic rings. The Labute approximate surface area is 232 Å². The average molecular weight is 554 g/mol. The van der Waals surface area contributed by atoms with E-state index in [9.17, 15) is 13.2 Å². The number of benzene rings is 5. The van der Waals surface area contributed by atoms with Crippen LogP contribution in [0.1, 0.15) is 5.56 Å². The number of carbonyl (C=O) groups is 1. The molecular weight excluding hydrogens is 526 g/mol. The maximum Gasteiger partial charge on any atom is 0.264 e. The second-order valence-corrected chi connectivity index (χ2v) is 10.8. The van der Waals surface area contributed by atoms with E-state index in [1.54, 1.807) is 36.5 Å². The minimum Gasteiger partial charge on any atom is -0.493 e. The van der Waals surface area contributed by atoms with Crippen molar-refractivity contribution in [1.29, 1.82) is 0 Å². The lowest BCUT2D eigenvalue weighted by molar-refractivity contribution is -0.119. The van der Waals surface area contributed by atoms with E-state index in [1.165, 1.54) is 32.4 Å².